The normalized spacial score (nSPS) is 12.9. The molecular formula is C12H22N2OS. The molecule has 0 aliphatic rings. The Balaban J connectivity index is 2.09. The average Bonchev–Trinajstić information content (AvgIpc) is 2.70. The average molecular weight is 242 g/mol. The predicted octanol–water partition coefficient (Wildman–Crippen LogP) is 2.92. The van der Waals surface area contributed by atoms with Gasteiger partial charge in [0.1, 0.15) is 0 Å². The van der Waals surface area contributed by atoms with E-state index in [0.717, 1.165) is 31.2 Å². The van der Waals surface area contributed by atoms with Crippen LogP contribution in [-0.4, -0.2) is 24.7 Å². The highest BCUT2D eigenvalue weighted by atomic mass is 32.1. The van der Waals surface area contributed by atoms with Crippen molar-refractivity contribution in [2.45, 2.75) is 39.7 Å². The molecule has 1 aromatic rings. The van der Waals surface area contributed by atoms with E-state index in [9.17, 15) is 0 Å². The predicted molar refractivity (Wildman–Crippen MR) is 69.0 cm³/mol. The number of hydrogen-bond acceptors (Lipinski definition) is 4. The second-order valence-electron chi connectivity index (χ2n) is 3.86. The molecule has 1 atom stereocenters. The number of unbranched alkanes of at least 4 members (excludes halogenated alkanes) is 1. The lowest BCUT2D eigenvalue weighted by atomic mass is 10.2. The quantitative estimate of drug-likeness (QED) is 0.712. The molecule has 16 heavy (non-hydrogen) atoms. The van der Waals surface area contributed by atoms with E-state index in [-0.39, 0.29) is 0 Å². The maximum absolute atomic E-state index is 5.29. The van der Waals surface area contributed by atoms with Crippen LogP contribution in [0.3, 0.4) is 0 Å². The molecule has 0 saturated heterocycles. The zero-order valence-corrected chi connectivity index (χ0v) is 11.3. The van der Waals surface area contributed by atoms with Gasteiger partial charge < -0.3 is 10.1 Å². The van der Waals surface area contributed by atoms with Gasteiger partial charge in [0.05, 0.1) is 5.01 Å². The van der Waals surface area contributed by atoms with Crippen molar-refractivity contribution in [2.75, 3.05) is 19.8 Å². The number of hydrogen-bond donors (Lipinski definition) is 1. The number of rotatable bonds is 8. The number of nitrogens with zero attached hydrogens (tertiary/aromatic N) is 1. The fourth-order valence-corrected chi connectivity index (χ4v) is 2.28. The van der Waals surface area contributed by atoms with Crippen molar-refractivity contribution in [3.8, 4) is 0 Å². The molecule has 1 unspecified atom stereocenters. The van der Waals surface area contributed by atoms with Crippen LogP contribution in [0.5, 0.6) is 0 Å². The van der Waals surface area contributed by atoms with E-state index < -0.39 is 0 Å². The molecule has 0 aliphatic heterocycles. The summed E-state index contributed by atoms with van der Waals surface area (Å²) in [4.78, 5) is 5.59. The van der Waals surface area contributed by atoms with Gasteiger partial charge in [-0.3, -0.25) is 0 Å². The fraction of sp³-hybridized carbons (Fsp3) is 0.750. The van der Waals surface area contributed by atoms with E-state index in [2.05, 4.69) is 17.2 Å². The Morgan fingerprint density at radius 3 is 2.94 bits per heavy atom. The molecule has 0 aromatic carbocycles. The highest BCUT2D eigenvalue weighted by Gasteiger charge is 2.06. The summed E-state index contributed by atoms with van der Waals surface area (Å²) in [7, 11) is 0. The summed E-state index contributed by atoms with van der Waals surface area (Å²) in [6, 6.07) is 0.415. The van der Waals surface area contributed by atoms with E-state index in [4.69, 9.17) is 4.74 Å². The largest absolute Gasteiger partial charge is 0.382 e. The molecule has 0 amide bonds. The third kappa shape index (κ3) is 5.05. The van der Waals surface area contributed by atoms with Crippen molar-refractivity contribution >= 4 is 11.3 Å². The number of aromatic nitrogens is 1. The Kier molecular flexibility index (Phi) is 6.61. The second kappa shape index (κ2) is 7.76. The number of thiazole rings is 1. The molecule has 1 heterocycles. The topological polar surface area (TPSA) is 34.1 Å². The Labute approximate surface area is 102 Å². The summed E-state index contributed by atoms with van der Waals surface area (Å²) >= 11 is 1.77. The van der Waals surface area contributed by atoms with Crippen LogP contribution in [0.4, 0.5) is 0 Å². The van der Waals surface area contributed by atoms with Crippen molar-refractivity contribution in [3.63, 3.8) is 0 Å². The molecule has 0 radical (unpaired) electrons. The molecule has 1 N–H and O–H groups in total. The third-order valence-corrected chi connectivity index (χ3v) is 3.53. The summed E-state index contributed by atoms with van der Waals surface area (Å²) in [6.45, 7) is 9.02. The monoisotopic (exact) mass is 242 g/mol. The summed E-state index contributed by atoms with van der Waals surface area (Å²) in [5.74, 6) is 0. The lowest BCUT2D eigenvalue weighted by Gasteiger charge is -2.11. The zero-order chi connectivity index (χ0) is 11.8. The van der Waals surface area contributed by atoms with Crippen LogP contribution in [0.15, 0.2) is 6.20 Å². The molecule has 0 spiro atoms. The van der Waals surface area contributed by atoms with Gasteiger partial charge in [-0.05, 0) is 40.2 Å². The summed E-state index contributed by atoms with van der Waals surface area (Å²) in [6.07, 6.45) is 4.27. The molecule has 1 aromatic heterocycles. The van der Waals surface area contributed by atoms with Gasteiger partial charge in [-0.1, -0.05) is 0 Å². The Hall–Kier alpha value is -0.450. The Morgan fingerprint density at radius 1 is 1.50 bits per heavy atom. The first-order chi connectivity index (χ1) is 7.74. The van der Waals surface area contributed by atoms with E-state index >= 15 is 0 Å². The molecule has 1 rings (SSSR count). The van der Waals surface area contributed by atoms with Crippen molar-refractivity contribution in [2.24, 2.45) is 0 Å². The standard InChI is InChI=1S/C12H22N2OS/c1-4-15-8-6-5-7-13-10(2)12-9-14-11(3)16-12/h9-10,13H,4-8H2,1-3H3. The summed E-state index contributed by atoms with van der Waals surface area (Å²) in [5, 5.41) is 4.64. The second-order valence-corrected chi connectivity index (χ2v) is 5.13. The minimum absolute atomic E-state index is 0.415. The van der Waals surface area contributed by atoms with Crippen LogP contribution in [0, 0.1) is 6.92 Å². The number of ether oxygens (including phenoxy) is 1. The van der Waals surface area contributed by atoms with Crippen LogP contribution >= 0.6 is 11.3 Å². The molecule has 92 valence electrons. The molecule has 3 nitrogen and oxygen atoms in total. The van der Waals surface area contributed by atoms with Crippen LogP contribution in [0.25, 0.3) is 0 Å². The van der Waals surface area contributed by atoms with E-state index in [1.807, 2.05) is 20.0 Å². The SMILES string of the molecule is CCOCCCCNC(C)c1cnc(C)s1. The first kappa shape index (κ1) is 13.6. The molecule has 0 bridgehead atoms. The Morgan fingerprint density at radius 2 is 2.31 bits per heavy atom. The van der Waals surface area contributed by atoms with Crippen LogP contribution in [-0.2, 0) is 4.74 Å². The van der Waals surface area contributed by atoms with Gasteiger partial charge in [0, 0.05) is 30.3 Å². The molecule has 0 aliphatic carbocycles. The minimum atomic E-state index is 0.415. The van der Waals surface area contributed by atoms with Crippen molar-refractivity contribution in [1.82, 2.24) is 10.3 Å². The first-order valence-electron chi connectivity index (χ1n) is 5.97. The van der Waals surface area contributed by atoms with Gasteiger partial charge in [-0.15, -0.1) is 11.3 Å². The summed E-state index contributed by atoms with van der Waals surface area (Å²) < 4.78 is 5.29. The lowest BCUT2D eigenvalue weighted by molar-refractivity contribution is 0.143. The van der Waals surface area contributed by atoms with Gasteiger partial charge in [-0.25, -0.2) is 4.98 Å². The molecule has 0 fully saturated rings. The van der Waals surface area contributed by atoms with Crippen molar-refractivity contribution < 1.29 is 4.74 Å². The van der Waals surface area contributed by atoms with Gasteiger partial charge in [0.25, 0.3) is 0 Å². The smallest absolute Gasteiger partial charge is 0.0897 e. The van der Waals surface area contributed by atoms with Gasteiger partial charge in [-0.2, -0.15) is 0 Å². The molecule has 4 heteroatoms. The Bertz CT molecular complexity index is 288. The maximum Gasteiger partial charge on any atom is 0.0897 e. The van der Waals surface area contributed by atoms with Crippen molar-refractivity contribution in [1.29, 1.82) is 0 Å². The number of nitrogens with one attached hydrogen (secondary N) is 1. The number of aryl methyl sites for hydroxylation is 1. The van der Waals surface area contributed by atoms with E-state index in [0.29, 0.717) is 6.04 Å². The van der Waals surface area contributed by atoms with Gasteiger partial charge in [0.2, 0.25) is 0 Å². The maximum atomic E-state index is 5.29. The van der Waals surface area contributed by atoms with Crippen LogP contribution < -0.4 is 5.32 Å². The zero-order valence-electron chi connectivity index (χ0n) is 10.5. The molecule has 0 saturated carbocycles. The van der Waals surface area contributed by atoms with E-state index in [1.165, 1.54) is 11.3 Å². The highest BCUT2D eigenvalue weighted by Crippen LogP contribution is 2.19. The van der Waals surface area contributed by atoms with Crippen LogP contribution in [0.2, 0.25) is 0 Å². The van der Waals surface area contributed by atoms with Crippen molar-refractivity contribution in [3.05, 3.63) is 16.1 Å². The lowest BCUT2D eigenvalue weighted by Crippen LogP contribution is -2.19. The van der Waals surface area contributed by atoms with Gasteiger partial charge >= 0.3 is 0 Å². The van der Waals surface area contributed by atoms with Crippen LogP contribution in [0.1, 0.15) is 42.6 Å². The van der Waals surface area contributed by atoms with Gasteiger partial charge in [0.15, 0.2) is 0 Å². The first-order valence-corrected chi connectivity index (χ1v) is 6.79. The fourth-order valence-electron chi connectivity index (χ4n) is 1.47. The highest BCUT2D eigenvalue weighted by molar-refractivity contribution is 7.11. The third-order valence-electron chi connectivity index (χ3n) is 2.44. The summed E-state index contributed by atoms with van der Waals surface area (Å²) in [5.41, 5.74) is 0. The minimum Gasteiger partial charge on any atom is -0.382 e. The molecular weight excluding hydrogens is 220 g/mol. The van der Waals surface area contributed by atoms with E-state index in [1.54, 1.807) is 11.3 Å².